The van der Waals surface area contributed by atoms with Crippen LogP contribution in [0, 0.1) is 0 Å². The summed E-state index contributed by atoms with van der Waals surface area (Å²) in [5.41, 5.74) is -0.287. The third-order valence-corrected chi connectivity index (χ3v) is 4.54. The van der Waals surface area contributed by atoms with E-state index in [0.29, 0.717) is 31.4 Å². The molecule has 2 N–H and O–H groups in total. The molecule has 1 aliphatic rings. The molecule has 1 aliphatic carbocycles. The fourth-order valence-electron chi connectivity index (χ4n) is 2.97. The highest BCUT2D eigenvalue weighted by molar-refractivity contribution is 5.91. The Labute approximate surface area is 143 Å². The molecule has 3 nitrogen and oxygen atoms in total. The number of hydrogen-bond donors (Lipinski definition) is 2. The molecule has 0 atom stereocenters. The van der Waals surface area contributed by atoms with Gasteiger partial charge in [0.2, 0.25) is 5.91 Å². The number of phenols is 1. The number of hydrogen-bond acceptors (Lipinski definition) is 2. The summed E-state index contributed by atoms with van der Waals surface area (Å²) in [6.07, 6.45) is -2.78. The normalized spacial score (nSPS) is 15.6. The number of halogens is 3. The summed E-state index contributed by atoms with van der Waals surface area (Å²) in [7, 11) is 0. The molecule has 1 amide bonds. The first-order valence-corrected chi connectivity index (χ1v) is 8.05. The smallest absolute Gasteiger partial charge is 0.416 e. The van der Waals surface area contributed by atoms with Gasteiger partial charge in [-0.3, -0.25) is 4.79 Å². The lowest BCUT2D eigenvalue weighted by molar-refractivity contribution is -0.137. The van der Waals surface area contributed by atoms with Gasteiger partial charge in [-0.05, 0) is 48.6 Å². The van der Waals surface area contributed by atoms with E-state index >= 15 is 0 Å². The first-order valence-electron chi connectivity index (χ1n) is 8.05. The van der Waals surface area contributed by atoms with Crippen LogP contribution in [-0.4, -0.2) is 17.6 Å². The highest BCUT2D eigenvalue weighted by atomic mass is 19.4. The van der Waals surface area contributed by atoms with Crippen molar-refractivity contribution in [1.29, 1.82) is 0 Å². The topological polar surface area (TPSA) is 49.3 Å². The second kappa shape index (κ2) is 6.43. The molecule has 0 radical (unpaired) electrons. The number of carbonyl (C=O) groups is 1. The molecule has 2 aromatic carbocycles. The molecule has 1 saturated carbocycles. The summed E-state index contributed by atoms with van der Waals surface area (Å²) in [6.45, 7) is 0.364. The van der Waals surface area contributed by atoms with Crippen molar-refractivity contribution < 1.29 is 23.1 Å². The van der Waals surface area contributed by atoms with E-state index < -0.39 is 17.2 Å². The molecule has 0 heterocycles. The van der Waals surface area contributed by atoms with Crippen molar-refractivity contribution in [1.82, 2.24) is 5.32 Å². The Bertz CT molecular complexity index is 782. The minimum absolute atomic E-state index is 0.159. The quantitative estimate of drug-likeness (QED) is 0.863. The van der Waals surface area contributed by atoms with Crippen LogP contribution in [0.25, 0.3) is 0 Å². The van der Waals surface area contributed by atoms with Crippen molar-refractivity contribution >= 4 is 5.91 Å². The fraction of sp³-hybridized carbons (Fsp3) is 0.316. The van der Waals surface area contributed by atoms with Gasteiger partial charge in [0.15, 0.2) is 0 Å². The maximum Gasteiger partial charge on any atom is 0.416 e. The number of aromatic hydroxyl groups is 1. The third-order valence-electron chi connectivity index (χ3n) is 4.54. The molecule has 132 valence electrons. The summed E-state index contributed by atoms with van der Waals surface area (Å²) in [4.78, 5) is 12.5. The monoisotopic (exact) mass is 349 g/mol. The largest absolute Gasteiger partial charge is 0.508 e. The number of phenolic OH excluding ortho intramolecular Hbond substituents is 1. The number of benzene rings is 2. The maximum atomic E-state index is 12.9. The van der Waals surface area contributed by atoms with E-state index in [-0.39, 0.29) is 11.7 Å². The van der Waals surface area contributed by atoms with E-state index in [1.807, 2.05) is 6.07 Å². The lowest BCUT2D eigenvalue weighted by Crippen LogP contribution is -2.36. The number of alkyl halides is 3. The Morgan fingerprint density at radius 1 is 1.12 bits per heavy atom. The lowest BCUT2D eigenvalue weighted by atomic mass is 9.93. The van der Waals surface area contributed by atoms with Crippen molar-refractivity contribution in [3.63, 3.8) is 0 Å². The van der Waals surface area contributed by atoms with Crippen molar-refractivity contribution in [3.05, 3.63) is 65.2 Å². The molecule has 0 spiro atoms. The van der Waals surface area contributed by atoms with E-state index in [2.05, 4.69) is 5.32 Å². The van der Waals surface area contributed by atoms with Gasteiger partial charge in [0.05, 0.1) is 11.0 Å². The lowest BCUT2D eigenvalue weighted by Gasteiger charge is -2.17. The number of rotatable bonds is 5. The standard InChI is InChI=1S/C19H18F3NO2/c20-19(21,22)15-5-2-4-14(12-15)18(8-9-18)17(25)23-10-7-13-3-1-6-16(24)11-13/h1-6,11-12,24H,7-10H2,(H,23,25). The van der Waals surface area contributed by atoms with Gasteiger partial charge in [-0.2, -0.15) is 13.2 Å². The predicted molar refractivity (Wildman–Crippen MR) is 87.2 cm³/mol. The van der Waals surface area contributed by atoms with Gasteiger partial charge in [-0.15, -0.1) is 0 Å². The van der Waals surface area contributed by atoms with E-state index in [1.54, 1.807) is 24.3 Å². The summed E-state index contributed by atoms with van der Waals surface area (Å²) in [6, 6.07) is 11.8. The maximum absolute atomic E-state index is 12.9. The van der Waals surface area contributed by atoms with Crippen molar-refractivity contribution in [2.24, 2.45) is 0 Å². The van der Waals surface area contributed by atoms with E-state index in [9.17, 15) is 23.1 Å². The van der Waals surface area contributed by atoms with Gasteiger partial charge in [-0.1, -0.05) is 30.3 Å². The number of carbonyl (C=O) groups excluding carboxylic acids is 1. The molecule has 0 aliphatic heterocycles. The molecule has 2 aromatic rings. The van der Waals surface area contributed by atoms with Crippen molar-refractivity contribution in [3.8, 4) is 5.75 Å². The van der Waals surface area contributed by atoms with Crippen LogP contribution < -0.4 is 5.32 Å². The van der Waals surface area contributed by atoms with Crippen molar-refractivity contribution in [2.75, 3.05) is 6.54 Å². The van der Waals surface area contributed by atoms with Crippen molar-refractivity contribution in [2.45, 2.75) is 30.9 Å². The molecule has 0 saturated heterocycles. The zero-order valence-electron chi connectivity index (χ0n) is 13.4. The van der Waals surface area contributed by atoms with Gasteiger partial charge in [0.1, 0.15) is 5.75 Å². The SMILES string of the molecule is O=C(NCCc1cccc(O)c1)C1(c2cccc(C(F)(F)F)c2)CC1. The van der Waals surface area contributed by atoms with Crippen LogP contribution in [0.2, 0.25) is 0 Å². The second-order valence-electron chi connectivity index (χ2n) is 6.34. The Balaban J connectivity index is 1.66. The first kappa shape index (κ1) is 17.3. The zero-order valence-corrected chi connectivity index (χ0v) is 13.4. The number of nitrogens with one attached hydrogen (secondary N) is 1. The highest BCUT2D eigenvalue weighted by Gasteiger charge is 2.51. The molecule has 0 bridgehead atoms. The Hall–Kier alpha value is -2.50. The van der Waals surface area contributed by atoms with E-state index in [1.165, 1.54) is 6.07 Å². The number of amides is 1. The van der Waals surface area contributed by atoms with Crippen LogP contribution in [0.15, 0.2) is 48.5 Å². The van der Waals surface area contributed by atoms with Crippen LogP contribution in [-0.2, 0) is 22.8 Å². The summed E-state index contributed by atoms with van der Waals surface area (Å²) >= 11 is 0. The minimum Gasteiger partial charge on any atom is -0.508 e. The predicted octanol–water partition coefficient (Wildman–Crippen LogP) is 3.80. The van der Waals surface area contributed by atoms with Crippen LogP contribution in [0.1, 0.15) is 29.5 Å². The fourth-order valence-corrected chi connectivity index (χ4v) is 2.97. The van der Waals surface area contributed by atoms with Crippen LogP contribution in [0.5, 0.6) is 5.75 Å². The highest BCUT2D eigenvalue weighted by Crippen LogP contribution is 2.49. The van der Waals surface area contributed by atoms with Gasteiger partial charge >= 0.3 is 6.18 Å². The molecule has 6 heteroatoms. The Morgan fingerprint density at radius 3 is 2.48 bits per heavy atom. The van der Waals surface area contributed by atoms with Crippen LogP contribution in [0.3, 0.4) is 0 Å². The second-order valence-corrected chi connectivity index (χ2v) is 6.34. The zero-order chi connectivity index (χ0) is 18.1. The minimum atomic E-state index is -4.42. The van der Waals surface area contributed by atoms with Crippen LogP contribution in [0.4, 0.5) is 13.2 Å². The Kier molecular flexibility index (Phi) is 4.45. The molecule has 0 unspecified atom stereocenters. The van der Waals surface area contributed by atoms with Gasteiger partial charge in [0.25, 0.3) is 0 Å². The van der Waals surface area contributed by atoms with Gasteiger partial charge in [0, 0.05) is 6.54 Å². The Morgan fingerprint density at radius 2 is 1.84 bits per heavy atom. The van der Waals surface area contributed by atoms with E-state index in [4.69, 9.17) is 0 Å². The van der Waals surface area contributed by atoms with Crippen LogP contribution >= 0.6 is 0 Å². The molecule has 0 aromatic heterocycles. The third kappa shape index (κ3) is 3.78. The molecule has 1 fully saturated rings. The average molecular weight is 349 g/mol. The summed E-state index contributed by atoms with van der Waals surface area (Å²) in [5, 5.41) is 12.2. The first-order chi connectivity index (χ1) is 11.8. The summed E-state index contributed by atoms with van der Waals surface area (Å²) in [5.74, 6) is -0.0848. The summed E-state index contributed by atoms with van der Waals surface area (Å²) < 4.78 is 38.6. The molecular formula is C19H18F3NO2. The molecule has 3 rings (SSSR count). The molecular weight excluding hydrogens is 331 g/mol. The van der Waals surface area contributed by atoms with Gasteiger partial charge in [-0.25, -0.2) is 0 Å². The average Bonchev–Trinajstić information content (AvgIpc) is 3.36. The van der Waals surface area contributed by atoms with Gasteiger partial charge < -0.3 is 10.4 Å². The molecule has 25 heavy (non-hydrogen) atoms. The van der Waals surface area contributed by atoms with E-state index in [0.717, 1.165) is 17.7 Å².